The summed E-state index contributed by atoms with van der Waals surface area (Å²) in [5.41, 5.74) is -0.576. The molecule has 13 heavy (non-hydrogen) atoms. The second-order valence-electron chi connectivity index (χ2n) is 2.39. The molecule has 0 radical (unpaired) electrons. The lowest BCUT2D eigenvalue weighted by atomic mass is 10.1. The maximum atomic E-state index is 12.5. The predicted molar refractivity (Wildman–Crippen MR) is 39.2 cm³/mol. The summed E-state index contributed by atoms with van der Waals surface area (Å²) in [4.78, 5) is 10.4. The number of rotatable bonds is 2. The molecule has 1 rings (SSSR count). The SMILES string of the molecule is O=C(O)c1cc(F)c(F)cc1CO. The van der Waals surface area contributed by atoms with Crippen LogP contribution in [0.4, 0.5) is 8.78 Å². The largest absolute Gasteiger partial charge is 0.478 e. The molecule has 0 aliphatic heterocycles. The fraction of sp³-hybridized carbons (Fsp3) is 0.125. The molecule has 0 aromatic heterocycles. The maximum Gasteiger partial charge on any atom is 0.336 e. The number of carboxylic acid groups (broad SMARTS) is 1. The number of aromatic carboxylic acids is 1. The first kappa shape index (κ1) is 9.60. The van der Waals surface area contributed by atoms with Crippen LogP contribution in [0.2, 0.25) is 0 Å². The fourth-order valence-electron chi connectivity index (χ4n) is 0.918. The van der Waals surface area contributed by atoms with Crippen LogP contribution in [0.15, 0.2) is 12.1 Å². The minimum atomic E-state index is -1.40. The first-order valence-electron chi connectivity index (χ1n) is 3.38. The highest BCUT2D eigenvalue weighted by atomic mass is 19.2. The van der Waals surface area contributed by atoms with E-state index in [2.05, 4.69) is 0 Å². The molecule has 0 heterocycles. The van der Waals surface area contributed by atoms with Crippen LogP contribution >= 0.6 is 0 Å². The number of halogens is 2. The van der Waals surface area contributed by atoms with E-state index in [0.717, 1.165) is 0 Å². The first-order chi connectivity index (χ1) is 6.06. The Morgan fingerprint density at radius 2 is 1.85 bits per heavy atom. The van der Waals surface area contributed by atoms with Crippen LogP contribution in [0.25, 0.3) is 0 Å². The van der Waals surface area contributed by atoms with Crippen molar-refractivity contribution in [2.24, 2.45) is 0 Å². The number of aliphatic hydroxyl groups is 1. The van der Waals surface area contributed by atoms with Crippen LogP contribution in [-0.4, -0.2) is 16.2 Å². The molecule has 0 saturated heterocycles. The highest BCUT2D eigenvalue weighted by molar-refractivity contribution is 5.89. The van der Waals surface area contributed by atoms with Gasteiger partial charge >= 0.3 is 5.97 Å². The molecular formula is C8H6F2O3. The fourth-order valence-corrected chi connectivity index (χ4v) is 0.918. The van der Waals surface area contributed by atoms with Crippen molar-refractivity contribution in [3.63, 3.8) is 0 Å². The summed E-state index contributed by atoms with van der Waals surface area (Å²) in [5, 5.41) is 17.1. The second-order valence-corrected chi connectivity index (χ2v) is 2.39. The van der Waals surface area contributed by atoms with Crippen molar-refractivity contribution < 1.29 is 23.8 Å². The second kappa shape index (κ2) is 3.49. The molecule has 0 atom stereocenters. The summed E-state index contributed by atoms with van der Waals surface area (Å²) in [5.74, 6) is -3.81. The normalized spacial score (nSPS) is 10.1. The molecular weight excluding hydrogens is 182 g/mol. The van der Waals surface area contributed by atoms with Gasteiger partial charge in [-0.2, -0.15) is 0 Å². The maximum absolute atomic E-state index is 12.5. The van der Waals surface area contributed by atoms with Gasteiger partial charge in [-0.1, -0.05) is 0 Å². The zero-order valence-corrected chi connectivity index (χ0v) is 6.42. The smallest absolute Gasteiger partial charge is 0.336 e. The third-order valence-electron chi connectivity index (χ3n) is 1.55. The molecule has 0 amide bonds. The van der Waals surface area contributed by atoms with Crippen LogP contribution in [0.5, 0.6) is 0 Å². The molecule has 2 N–H and O–H groups in total. The van der Waals surface area contributed by atoms with Crippen LogP contribution in [0.1, 0.15) is 15.9 Å². The minimum Gasteiger partial charge on any atom is -0.478 e. The van der Waals surface area contributed by atoms with E-state index in [9.17, 15) is 13.6 Å². The first-order valence-corrected chi connectivity index (χ1v) is 3.38. The van der Waals surface area contributed by atoms with Crippen LogP contribution < -0.4 is 0 Å². The highest BCUT2D eigenvalue weighted by Crippen LogP contribution is 2.15. The van der Waals surface area contributed by atoms with Gasteiger partial charge in [0.15, 0.2) is 11.6 Å². The summed E-state index contributed by atoms with van der Waals surface area (Å²) in [7, 11) is 0. The Morgan fingerprint density at radius 1 is 1.31 bits per heavy atom. The van der Waals surface area contributed by atoms with E-state index in [4.69, 9.17) is 10.2 Å². The summed E-state index contributed by atoms with van der Waals surface area (Å²) in [6.45, 7) is -0.640. The van der Waals surface area contributed by atoms with Crippen molar-refractivity contribution in [2.45, 2.75) is 6.61 Å². The number of aliphatic hydroxyl groups excluding tert-OH is 1. The Morgan fingerprint density at radius 3 is 2.31 bits per heavy atom. The van der Waals surface area contributed by atoms with E-state index in [1.54, 1.807) is 0 Å². The average Bonchev–Trinajstić information content (AvgIpc) is 2.08. The topological polar surface area (TPSA) is 57.5 Å². The molecule has 3 nitrogen and oxygen atoms in total. The minimum absolute atomic E-state index is 0.147. The molecule has 5 heteroatoms. The molecule has 0 spiro atoms. The zero-order chi connectivity index (χ0) is 10.0. The van der Waals surface area contributed by atoms with Gasteiger partial charge in [0.05, 0.1) is 12.2 Å². The number of carbonyl (C=O) groups is 1. The average molecular weight is 188 g/mol. The van der Waals surface area contributed by atoms with Crippen molar-refractivity contribution in [3.8, 4) is 0 Å². The molecule has 0 aliphatic rings. The lowest BCUT2D eigenvalue weighted by Gasteiger charge is -2.02. The summed E-state index contributed by atoms with van der Waals surface area (Å²) in [6, 6.07) is 1.21. The number of hydrogen-bond donors (Lipinski definition) is 2. The number of hydrogen-bond acceptors (Lipinski definition) is 2. The molecule has 0 aliphatic carbocycles. The molecule has 0 fully saturated rings. The van der Waals surface area contributed by atoms with Gasteiger partial charge in [0.25, 0.3) is 0 Å². The Labute approximate surface area is 72.2 Å². The van der Waals surface area contributed by atoms with E-state index in [1.165, 1.54) is 0 Å². The van der Waals surface area contributed by atoms with Gasteiger partial charge in [0.1, 0.15) is 0 Å². The van der Waals surface area contributed by atoms with Gasteiger partial charge in [-0.3, -0.25) is 0 Å². The van der Waals surface area contributed by atoms with Gasteiger partial charge in [-0.15, -0.1) is 0 Å². The standard InChI is InChI=1S/C8H6F2O3/c9-6-1-4(3-11)5(8(12)13)2-7(6)10/h1-2,11H,3H2,(H,12,13). The van der Waals surface area contributed by atoms with E-state index < -0.39 is 29.8 Å². The molecule has 0 saturated carbocycles. The number of benzene rings is 1. The van der Waals surface area contributed by atoms with E-state index in [0.29, 0.717) is 12.1 Å². The van der Waals surface area contributed by atoms with E-state index in [-0.39, 0.29) is 5.56 Å². The molecule has 0 unspecified atom stereocenters. The third-order valence-corrected chi connectivity index (χ3v) is 1.55. The van der Waals surface area contributed by atoms with E-state index in [1.807, 2.05) is 0 Å². The Kier molecular flexibility index (Phi) is 2.57. The Hall–Kier alpha value is -1.49. The van der Waals surface area contributed by atoms with E-state index >= 15 is 0 Å². The lowest BCUT2D eigenvalue weighted by molar-refractivity contribution is 0.0692. The molecule has 0 bridgehead atoms. The highest BCUT2D eigenvalue weighted by Gasteiger charge is 2.13. The van der Waals surface area contributed by atoms with Crippen molar-refractivity contribution in [1.29, 1.82) is 0 Å². The van der Waals surface area contributed by atoms with Crippen molar-refractivity contribution >= 4 is 5.97 Å². The zero-order valence-electron chi connectivity index (χ0n) is 6.42. The quantitative estimate of drug-likeness (QED) is 0.732. The lowest BCUT2D eigenvalue weighted by Crippen LogP contribution is -2.04. The summed E-state index contributed by atoms with van der Waals surface area (Å²) in [6.07, 6.45) is 0. The van der Waals surface area contributed by atoms with Gasteiger partial charge in [-0.25, -0.2) is 13.6 Å². The Bertz CT molecular complexity index is 349. The predicted octanol–water partition coefficient (Wildman–Crippen LogP) is 1.16. The van der Waals surface area contributed by atoms with Crippen LogP contribution in [0.3, 0.4) is 0 Å². The van der Waals surface area contributed by atoms with Crippen molar-refractivity contribution in [1.82, 2.24) is 0 Å². The van der Waals surface area contributed by atoms with Crippen LogP contribution in [0, 0.1) is 11.6 Å². The van der Waals surface area contributed by atoms with Crippen LogP contribution in [-0.2, 0) is 6.61 Å². The van der Waals surface area contributed by atoms with Crippen molar-refractivity contribution in [3.05, 3.63) is 34.9 Å². The van der Waals surface area contributed by atoms with Gasteiger partial charge < -0.3 is 10.2 Å². The third kappa shape index (κ3) is 1.81. The number of carboxylic acids is 1. The molecule has 1 aromatic carbocycles. The molecule has 70 valence electrons. The monoisotopic (exact) mass is 188 g/mol. The summed E-state index contributed by atoms with van der Waals surface area (Å²) < 4.78 is 25.1. The van der Waals surface area contributed by atoms with Gasteiger partial charge in [0, 0.05) is 0 Å². The molecule has 1 aromatic rings. The summed E-state index contributed by atoms with van der Waals surface area (Å²) >= 11 is 0. The Balaban J connectivity index is 3.33. The van der Waals surface area contributed by atoms with Gasteiger partial charge in [0.2, 0.25) is 0 Å². The van der Waals surface area contributed by atoms with Gasteiger partial charge in [-0.05, 0) is 17.7 Å². The van der Waals surface area contributed by atoms with Crippen molar-refractivity contribution in [2.75, 3.05) is 0 Å².